The number of nitrogens with one attached hydrogen (secondary N) is 1. The number of esters is 1. The van der Waals surface area contributed by atoms with Gasteiger partial charge in [0, 0.05) is 0 Å². The fourth-order valence-corrected chi connectivity index (χ4v) is 4.60. The van der Waals surface area contributed by atoms with Gasteiger partial charge in [0.2, 0.25) is 5.91 Å². The number of rotatable bonds is 7. The number of para-hydroxylation sites is 1. The van der Waals surface area contributed by atoms with E-state index in [1.165, 1.54) is 29.5 Å². The van der Waals surface area contributed by atoms with Gasteiger partial charge in [-0.05, 0) is 49.7 Å². The Kier molecular flexibility index (Phi) is 7.31. The Morgan fingerprint density at radius 1 is 0.971 bits per heavy atom. The molecule has 0 spiro atoms. The lowest BCUT2D eigenvalue weighted by atomic mass is 10.1. The van der Waals surface area contributed by atoms with Crippen LogP contribution >= 0.6 is 11.8 Å². The zero-order chi connectivity index (χ0) is 24.9. The summed E-state index contributed by atoms with van der Waals surface area (Å²) < 4.78 is 6.30. The van der Waals surface area contributed by atoms with E-state index in [1.807, 2.05) is 67.6 Å². The van der Waals surface area contributed by atoms with Gasteiger partial charge in [0.1, 0.15) is 0 Å². The number of ether oxygens (including phenoxy) is 1. The molecule has 0 aliphatic carbocycles. The SMILES string of the molecule is COC(=O)c1ccc2c(=O)n(-c3ccccc3)c(SC(C)C(=O)NC(C)c3ccccc3)nc2c1. The standard InChI is InChI=1S/C27H25N3O4S/c1-17(19-10-6-4-7-11-19)28-24(31)18(2)35-27-29-23-16-20(26(33)34-3)14-15-22(23)25(32)30(27)21-12-8-5-9-13-21/h4-18H,1-3H3,(H,28,31). The van der Waals surface area contributed by atoms with Crippen LogP contribution in [0.3, 0.4) is 0 Å². The predicted molar refractivity (Wildman–Crippen MR) is 137 cm³/mol. The van der Waals surface area contributed by atoms with Crippen molar-refractivity contribution < 1.29 is 14.3 Å². The lowest BCUT2D eigenvalue weighted by molar-refractivity contribution is -0.120. The van der Waals surface area contributed by atoms with E-state index in [0.29, 0.717) is 27.3 Å². The first-order chi connectivity index (χ1) is 16.9. The number of aromatic nitrogens is 2. The number of hydrogen-bond donors (Lipinski definition) is 1. The van der Waals surface area contributed by atoms with Crippen molar-refractivity contribution in [2.75, 3.05) is 7.11 Å². The molecular formula is C27H25N3O4S. The zero-order valence-electron chi connectivity index (χ0n) is 19.6. The minimum atomic E-state index is -0.538. The molecule has 3 aromatic carbocycles. The maximum atomic E-state index is 13.5. The molecule has 1 aromatic heterocycles. The summed E-state index contributed by atoms with van der Waals surface area (Å²) in [7, 11) is 1.30. The maximum absolute atomic E-state index is 13.5. The van der Waals surface area contributed by atoms with Crippen molar-refractivity contribution in [2.45, 2.75) is 30.3 Å². The highest BCUT2D eigenvalue weighted by Gasteiger charge is 2.22. The Morgan fingerprint density at radius 2 is 1.63 bits per heavy atom. The molecule has 7 nitrogen and oxygen atoms in total. The van der Waals surface area contributed by atoms with E-state index >= 15 is 0 Å². The van der Waals surface area contributed by atoms with Crippen molar-refractivity contribution in [3.8, 4) is 5.69 Å². The molecule has 1 N–H and O–H groups in total. The van der Waals surface area contributed by atoms with Crippen molar-refractivity contribution in [3.63, 3.8) is 0 Å². The van der Waals surface area contributed by atoms with E-state index in [9.17, 15) is 14.4 Å². The summed E-state index contributed by atoms with van der Waals surface area (Å²) in [4.78, 5) is 43.2. The van der Waals surface area contributed by atoms with Crippen LogP contribution in [-0.2, 0) is 9.53 Å². The zero-order valence-corrected chi connectivity index (χ0v) is 20.4. The van der Waals surface area contributed by atoms with Crippen molar-refractivity contribution in [1.29, 1.82) is 0 Å². The molecule has 0 aliphatic heterocycles. The highest BCUT2D eigenvalue weighted by Crippen LogP contribution is 2.26. The predicted octanol–water partition coefficient (Wildman–Crippen LogP) is 4.53. The maximum Gasteiger partial charge on any atom is 0.337 e. The van der Waals surface area contributed by atoms with Crippen LogP contribution in [0.25, 0.3) is 16.6 Å². The molecule has 35 heavy (non-hydrogen) atoms. The minimum absolute atomic E-state index is 0.171. The molecule has 1 heterocycles. The molecule has 2 unspecified atom stereocenters. The normalized spacial score (nSPS) is 12.7. The lowest BCUT2D eigenvalue weighted by Gasteiger charge is -2.19. The molecule has 0 aliphatic rings. The average Bonchev–Trinajstić information content (AvgIpc) is 2.89. The van der Waals surface area contributed by atoms with E-state index in [0.717, 1.165) is 5.56 Å². The van der Waals surface area contributed by atoms with Gasteiger partial charge in [-0.15, -0.1) is 0 Å². The van der Waals surface area contributed by atoms with Gasteiger partial charge in [-0.2, -0.15) is 0 Å². The topological polar surface area (TPSA) is 90.3 Å². The van der Waals surface area contributed by atoms with Crippen LogP contribution in [-0.4, -0.2) is 33.8 Å². The summed E-state index contributed by atoms with van der Waals surface area (Å²) in [5.74, 6) is -0.693. The monoisotopic (exact) mass is 487 g/mol. The minimum Gasteiger partial charge on any atom is -0.465 e. The number of carbonyl (C=O) groups excluding carboxylic acids is 2. The fraction of sp³-hybridized carbons (Fsp3) is 0.185. The third-order valence-corrected chi connectivity index (χ3v) is 6.64. The average molecular weight is 488 g/mol. The Hall–Kier alpha value is -3.91. The van der Waals surface area contributed by atoms with Gasteiger partial charge in [0.05, 0.1) is 40.6 Å². The molecular weight excluding hydrogens is 462 g/mol. The van der Waals surface area contributed by atoms with Crippen LogP contribution in [0.5, 0.6) is 0 Å². The lowest BCUT2D eigenvalue weighted by Crippen LogP contribution is -2.33. The van der Waals surface area contributed by atoms with E-state index in [2.05, 4.69) is 10.3 Å². The summed E-state index contributed by atoms with van der Waals surface area (Å²) in [6.45, 7) is 3.70. The number of benzene rings is 3. The highest BCUT2D eigenvalue weighted by molar-refractivity contribution is 8.00. The van der Waals surface area contributed by atoms with Crippen molar-refractivity contribution in [1.82, 2.24) is 14.9 Å². The number of nitrogens with zero attached hydrogens (tertiary/aromatic N) is 2. The van der Waals surface area contributed by atoms with E-state index in [4.69, 9.17) is 4.74 Å². The Labute approximate surface area is 207 Å². The van der Waals surface area contributed by atoms with Gasteiger partial charge < -0.3 is 10.1 Å². The first-order valence-electron chi connectivity index (χ1n) is 11.1. The van der Waals surface area contributed by atoms with Gasteiger partial charge in [-0.3, -0.25) is 14.2 Å². The first-order valence-corrected chi connectivity index (χ1v) is 12.0. The van der Waals surface area contributed by atoms with Gasteiger partial charge in [0.25, 0.3) is 5.56 Å². The van der Waals surface area contributed by atoms with Crippen molar-refractivity contribution in [2.24, 2.45) is 0 Å². The number of hydrogen-bond acceptors (Lipinski definition) is 6. The molecule has 0 radical (unpaired) electrons. The van der Waals surface area contributed by atoms with Gasteiger partial charge in [-0.1, -0.05) is 60.3 Å². The largest absolute Gasteiger partial charge is 0.465 e. The van der Waals surface area contributed by atoms with Crippen LogP contribution < -0.4 is 10.9 Å². The van der Waals surface area contributed by atoms with Crippen molar-refractivity contribution in [3.05, 3.63) is 100 Å². The summed E-state index contributed by atoms with van der Waals surface area (Å²) in [5.41, 5.74) is 2.00. The van der Waals surface area contributed by atoms with Gasteiger partial charge >= 0.3 is 5.97 Å². The summed E-state index contributed by atoms with van der Waals surface area (Å²) in [5, 5.41) is 3.20. The third kappa shape index (κ3) is 5.27. The Balaban J connectivity index is 1.72. The summed E-state index contributed by atoms with van der Waals surface area (Å²) in [6, 6.07) is 23.3. The van der Waals surface area contributed by atoms with Crippen LogP contribution in [0.2, 0.25) is 0 Å². The number of thioether (sulfide) groups is 1. The number of fused-ring (bicyclic) bond motifs is 1. The Bertz CT molecular complexity index is 1420. The van der Waals surface area contributed by atoms with Gasteiger partial charge in [0.15, 0.2) is 5.16 Å². The van der Waals surface area contributed by atoms with E-state index < -0.39 is 11.2 Å². The first kappa shape index (κ1) is 24.2. The van der Waals surface area contributed by atoms with Crippen molar-refractivity contribution >= 4 is 34.5 Å². The molecule has 0 bridgehead atoms. The molecule has 0 saturated heterocycles. The second kappa shape index (κ2) is 10.6. The second-order valence-electron chi connectivity index (χ2n) is 8.00. The smallest absolute Gasteiger partial charge is 0.337 e. The number of methoxy groups -OCH3 is 1. The van der Waals surface area contributed by atoms with Crippen LogP contribution in [0, 0.1) is 0 Å². The Morgan fingerprint density at radius 3 is 2.29 bits per heavy atom. The highest BCUT2D eigenvalue weighted by atomic mass is 32.2. The molecule has 2 atom stereocenters. The van der Waals surface area contributed by atoms with Crippen LogP contribution in [0.15, 0.2) is 88.8 Å². The summed E-state index contributed by atoms with van der Waals surface area (Å²) in [6.07, 6.45) is 0. The fourth-order valence-electron chi connectivity index (χ4n) is 3.66. The summed E-state index contributed by atoms with van der Waals surface area (Å²) >= 11 is 1.18. The quantitative estimate of drug-likeness (QED) is 0.234. The molecule has 8 heteroatoms. The molecule has 0 fully saturated rings. The third-order valence-electron chi connectivity index (χ3n) is 5.58. The second-order valence-corrected chi connectivity index (χ2v) is 9.30. The van der Waals surface area contributed by atoms with Gasteiger partial charge in [-0.25, -0.2) is 9.78 Å². The number of carbonyl (C=O) groups is 2. The van der Waals surface area contributed by atoms with Crippen LogP contribution in [0.1, 0.15) is 35.8 Å². The molecule has 1 amide bonds. The molecule has 178 valence electrons. The number of amides is 1. The molecule has 0 saturated carbocycles. The van der Waals surface area contributed by atoms with E-state index in [1.54, 1.807) is 19.1 Å². The van der Waals surface area contributed by atoms with E-state index in [-0.39, 0.29) is 17.5 Å². The van der Waals surface area contributed by atoms with Crippen LogP contribution in [0.4, 0.5) is 0 Å². The molecule has 4 rings (SSSR count). The molecule has 4 aromatic rings.